The maximum atomic E-state index is 12.8. The number of benzene rings is 1. The number of carbonyl (C=O) groups is 1. The Morgan fingerprint density at radius 1 is 1.19 bits per heavy atom. The molecular weight excluding hydrogens is 358 g/mol. The highest BCUT2D eigenvalue weighted by molar-refractivity contribution is 5.94. The predicted molar refractivity (Wildman–Crippen MR) is 90.3 cm³/mol. The molecule has 2 fully saturated rings. The molecule has 0 spiro atoms. The molecule has 2 heterocycles. The number of aliphatic hydroxyl groups is 1. The quantitative estimate of drug-likeness (QED) is 0.880. The van der Waals surface area contributed by atoms with E-state index in [0.717, 1.165) is 6.42 Å². The second-order valence-corrected chi connectivity index (χ2v) is 7.11. The lowest BCUT2D eigenvalue weighted by Gasteiger charge is -2.34. The number of amides is 1. The molecule has 2 aliphatic rings. The van der Waals surface area contributed by atoms with E-state index in [1.54, 1.807) is 15.9 Å². The number of alkyl halides is 2. The van der Waals surface area contributed by atoms with Gasteiger partial charge >= 0.3 is 6.61 Å². The van der Waals surface area contributed by atoms with E-state index in [0.29, 0.717) is 25.1 Å². The number of likely N-dealkylation sites (tertiary alicyclic amines) is 1. The van der Waals surface area contributed by atoms with E-state index in [4.69, 9.17) is 0 Å². The van der Waals surface area contributed by atoms with Crippen molar-refractivity contribution in [1.29, 1.82) is 0 Å². The Labute approximate surface area is 154 Å². The van der Waals surface area contributed by atoms with Crippen LogP contribution < -0.4 is 4.74 Å². The monoisotopic (exact) mass is 378 g/mol. The fourth-order valence-corrected chi connectivity index (χ4v) is 4.21. The van der Waals surface area contributed by atoms with E-state index in [9.17, 15) is 18.7 Å². The van der Waals surface area contributed by atoms with Gasteiger partial charge in [-0.15, -0.1) is 0 Å². The van der Waals surface area contributed by atoms with Gasteiger partial charge in [0.15, 0.2) is 0 Å². The van der Waals surface area contributed by atoms with Gasteiger partial charge in [-0.05, 0) is 48.9 Å². The van der Waals surface area contributed by atoms with Crippen molar-refractivity contribution in [3.05, 3.63) is 42.5 Å². The Morgan fingerprint density at radius 3 is 2.52 bits per heavy atom. The zero-order chi connectivity index (χ0) is 19.0. The van der Waals surface area contributed by atoms with Gasteiger partial charge < -0.3 is 14.7 Å². The first-order valence-corrected chi connectivity index (χ1v) is 8.87. The van der Waals surface area contributed by atoms with Gasteiger partial charge in [0.2, 0.25) is 0 Å². The van der Waals surface area contributed by atoms with Gasteiger partial charge in [-0.1, -0.05) is 0 Å². The summed E-state index contributed by atoms with van der Waals surface area (Å²) in [6.45, 7) is -1.70. The first-order valence-electron chi connectivity index (χ1n) is 8.87. The second-order valence-electron chi connectivity index (χ2n) is 7.11. The van der Waals surface area contributed by atoms with Crippen LogP contribution in [-0.4, -0.2) is 56.5 Å². The second kappa shape index (κ2) is 7.22. The maximum absolute atomic E-state index is 12.8. The number of aliphatic hydroxyl groups excluding tert-OH is 1. The molecule has 1 aliphatic heterocycles. The molecule has 1 saturated heterocycles. The smallest absolute Gasteiger partial charge is 0.387 e. The summed E-state index contributed by atoms with van der Waals surface area (Å²) in [5, 5.41) is 14.6. The molecule has 0 bridgehead atoms. The van der Waals surface area contributed by atoms with Crippen LogP contribution in [0.2, 0.25) is 0 Å². The van der Waals surface area contributed by atoms with Gasteiger partial charge in [0, 0.05) is 18.7 Å². The average molecular weight is 378 g/mol. The number of ether oxygens (including phenoxy) is 1. The summed E-state index contributed by atoms with van der Waals surface area (Å²) in [6.07, 6.45) is 3.88. The molecule has 7 nitrogen and oxygen atoms in total. The topological polar surface area (TPSA) is 80.5 Å². The molecule has 0 radical (unpaired) electrons. The SMILES string of the molecule is O=C(c1ccc(OC(F)F)cc1)N1C[C@H]2C[C@@H](n3cncn3)[C@H](O)C[C@H]2C1. The predicted octanol–water partition coefficient (Wildman–Crippen LogP) is 1.96. The van der Waals surface area contributed by atoms with Crippen molar-refractivity contribution < 1.29 is 23.4 Å². The van der Waals surface area contributed by atoms with Crippen molar-refractivity contribution >= 4 is 5.91 Å². The van der Waals surface area contributed by atoms with Crippen molar-refractivity contribution in [3.63, 3.8) is 0 Å². The first kappa shape index (κ1) is 17.8. The molecule has 9 heteroatoms. The summed E-state index contributed by atoms with van der Waals surface area (Å²) >= 11 is 0. The highest BCUT2D eigenvalue weighted by Crippen LogP contribution is 2.41. The lowest BCUT2D eigenvalue weighted by molar-refractivity contribution is -0.0498. The number of fused-ring (bicyclic) bond motifs is 1. The number of aromatic nitrogens is 3. The largest absolute Gasteiger partial charge is 0.435 e. The normalized spacial score (nSPS) is 27.6. The van der Waals surface area contributed by atoms with Gasteiger partial charge in [-0.3, -0.25) is 4.79 Å². The Morgan fingerprint density at radius 2 is 1.89 bits per heavy atom. The van der Waals surface area contributed by atoms with Crippen LogP contribution in [0, 0.1) is 11.8 Å². The molecule has 1 amide bonds. The molecular formula is C18H20F2N4O3. The molecule has 1 N–H and O–H groups in total. The molecule has 1 saturated carbocycles. The average Bonchev–Trinajstić information content (AvgIpc) is 3.30. The lowest BCUT2D eigenvalue weighted by Crippen LogP contribution is -2.36. The van der Waals surface area contributed by atoms with Crippen molar-refractivity contribution in [2.24, 2.45) is 11.8 Å². The minimum absolute atomic E-state index is 0.0236. The number of hydrogen-bond acceptors (Lipinski definition) is 5. The van der Waals surface area contributed by atoms with Crippen LogP contribution >= 0.6 is 0 Å². The molecule has 144 valence electrons. The number of nitrogens with zero attached hydrogens (tertiary/aromatic N) is 4. The van der Waals surface area contributed by atoms with Crippen LogP contribution in [0.25, 0.3) is 0 Å². The van der Waals surface area contributed by atoms with Crippen LogP contribution in [0.15, 0.2) is 36.9 Å². The van der Waals surface area contributed by atoms with Gasteiger partial charge in [-0.25, -0.2) is 9.67 Å². The number of carbonyl (C=O) groups excluding carboxylic acids is 1. The summed E-state index contributed by atoms with van der Waals surface area (Å²) in [7, 11) is 0. The van der Waals surface area contributed by atoms with E-state index in [-0.39, 0.29) is 29.5 Å². The lowest BCUT2D eigenvalue weighted by atomic mass is 9.77. The fourth-order valence-electron chi connectivity index (χ4n) is 4.21. The highest BCUT2D eigenvalue weighted by atomic mass is 19.3. The summed E-state index contributed by atoms with van der Waals surface area (Å²) in [4.78, 5) is 18.5. The van der Waals surface area contributed by atoms with E-state index >= 15 is 0 Å². The minimum atomic E-state index is -2.89. The Hall–Kier alpha value is -2.55. The van der Waals surface area contributed by atoms with E-state index in [1.807, 2.05) is 0 Å². The number of rotatable bonds is 4. The molecule has 1 aliphatic carbocycles. The molecule has 27 heavy (non-hydrogen) atoms. The van der Waals surface area contributed by atoms with Crippen LogP contribution in [0.4, 0.5) is 8.78 Å². The van der Waals surface area contributed by atoms with Crippen LogP contribution in [0.5, 0.6) is 5.75 Å². The van der Waals surface area contributed by atoms with Gasteiger partial charge in [0.25, 0.3) is 5.91 Å². The Balaban J connectivity index is 1.42. The van der Waals surface area contributed by atoms with Crippen molar-refractivity contribution in [3.8, 4) is 5.75 Å². The van der Waals surface area contributed by atoms with Crippen LogP contribution in [0.1, 0.15) is 29.2 Å². The van der Waals surface area contributed by atoms with Crippen LogP contribution in [-0.2, 0) is 0 Å². The zero-order valence-electron chi connectivity index (χ0n) is 14.5. The molecule has 0 unspecified atom stereocenters. The van der Waals surface area contributed by atoms with Crippen LogP contribution in [0.3, 0.4) is 0 Å². The van der Waals surface area contributed by atoms with E-state index in [2.05, 4.69) is 14.8 Å². The molecule has 1 aromatic carbocycles. The minimum Gasteiger partial charge on any atom is -0.435 e. The van der Waals surface area contributed by atoms with Gasteiger partial charge in [0.1, 0.15) is 18.4 Å². The third-order valence-electron chi connectivity index (χ3n) is 5.50. The van der Waals surface area contributed by atoms with Crippen molar-refractivity contribution in [2.45, 2.75) is 31.6 Å². The fraction of sp³-hybridized carbons (Fsp3) is 0.500. The molecule has 4 atom stereocenters. The standard InChI is InChI=1S/C18H20F2N4O3/c19-18(20)27-14-3-1-11(2-4-14)17(26)23-7-12-5-15(24-10-21-9-22-24)16(25)6-13(12)8-23/h1-4,9-10,12-13,15-16,18,25H,5-8H2/t12-,13+,15-,16-/m1/s1. The third-order valence-corrected chi connectivity index (χ3v) is 5.50. The summed E-state index contributed by atoms with van der Waals surface area (Å²) in [6, 6.07) is 5.60. The maximum Gasteiger partial charge on any atom is 0.387 e. The van der Waals surface area contributed by atoms with Gasteiger partial charge in [-0.2, -0.15) is 13.9 Å². The molecule has 2 aromatic rings. The Bertz CT molecular complexity index is 784. The first-order chi connectivity index (χ1) is 13.0. The summed E-state index contributed by atoms with van der Waals surface area (Å²) in [5.41, 5.74) is 0.434. The highest BCUT2D eigenvalue weighted by Gasteiger charge is 2.43. The Kier molecular flexibility index (Phi) is 4.77. The molecule has 1 aromatic heterocycles. The van der Waals surface area contributed by atoms with E-state index in [1.165, 1.54) is 30.6 Å². The van der Waals surface area contributed by atoms with E-state index < -0.39 is 12.7 Å². The van der Waals surface area contributed by atoms with Crippen molar-refractivity contribution in [1.82, 2.24) is 19.7 Å². The molecule has 4 rings (SSSR count). The number of halogens is 2. The number of hydrogen-bond donors (Lipinski definition) is 1. The summed E-state index contributed by atoms with van der Waals surface area (Å²) < 4.78 is 30.5. The van der Waals surface area contributed by atoms with Crippen molar-refractivity contribution in [2.75, 3.05) is 13.1 Å². The third kappa shape index (κ3) is 3.64. The van der Waals surface area contributed by atoms with Gasteiger partial charge in [0.05, 0.1) is 12.1 Å². The zero-order valence-corrected chi connectivity index (χ0v) is 14.5. The summed E-state index contributed by atoms with van der Waals surface area (Å²) in [5.74, 6) is 0.411.